The van der Waals surface area contributed by atoms with E-state index >= 15 is 0 Å². The minimum absolute atomic E-state index is 0.0714. The smallest absolute Gasteiger partial charge is 0.246 e. The van der Waals surface area contributed by atoms with E-state index in [1.165, 1.54) is 0 Å². The number of hydrogen-bond donors (Lipinski definition) is 0. The molecule has 0 aromatic carbocycles. The lowest BCUT2D eigenvalue weighted by Gasteiger charge is -2.22. The van der Waals surface area contributed by atoms with Gasteiger partial charge in [-0.15, -0.1) is 0 Å². The molecular formula is C9H4F9N. The van der Waals surface area contributed by atoms with E-state index in [2.05, 4.69) is 4.98 Å². The standard InChI is InChI=1S/C9H4F9N/c1-3-2-4(7(11,12)9(16,17)18)5(10)6(19-3)8(13,14)15/h2H,1H3. The maximum Gasteiger partial charge on any atom is 0.458 e. The van der Waals surface area contributed by atoms with Crippen molar-refractivity contribution in [1.29, 1.82) is 0 Å². The zero-order valence-corrected chi connectivity index (χ0v) is 8.93. The highest BCUT2D eigenvalue weighted by atomic mass is 19.4. The van der Waals surface area contributed by atoms with Crippen molar-refractivity contribution in [2.75, 3.05) is 0 Å². The summed E-state index contributed by atoms with van der Waals surface area (Å²) in [5.74, 6) is -8.48. The van der Waals surface area contributed by atoms with Crippen molar-refractivity contribution in [1.82, 2.24) is 4.98 Å². The molecule has 0 spiro atoms. The van der Waals surface area contributed by atoms with E-state index < -0.39 is 41.0 Å². The second-order valence-corrected chi connectivity index (χ2v) is 3.54. The third-order valence-corrected chi connectivity index (χ3v) is 2.05. The Morgan fingerprint density at radius 1 is 0.947 bits per heavy atom. The van der Waals surface area contributed by atoms with Gasteiger partial charge in [0.15, 0.2) is 11.5 Å². The second kappa shape index (κ2) is 4.27. The van der Waals surface area contributed by atoms with Crippen molar-refractivity contribution in [3.63, 3.8) is 0 Å². The van der Waals surface area contributed by atoms with Crippen LogP contribution in [0.2, 0.25) is 0 Å². The van der Waals surface area contributed by atoms with Crippen LogP contribution in [0.5, 0.6) is 0 Å². The van der Waals surface area contributed by atoms with E-state index in [0.717, 1.165) is 6.92 Å². The van der Waals surface area contributed by atoms with Crippen molar-refractivity contribution < 1.29 is 39.5 Å². The molecule has 0 N–H and O–H groups in total. The third-order valence-electron chi connectivity index (χ3n) is 2.05. The molecule has 0 fully saturated rings. The highest BCUT2D eigenvalue weighted by Gasteiger charge is 2.61. The molecule has 19 heavy (non-hydrogen) atoms. The summed E-state index contributed by atoms with van der Waals surface area (Å²) in [4.78, 5) is 2.60. The van der Waals surface area contributed by atoms with E-state index in [1.807, 2.05) is 0 Å². The van der Waals surface area contributed by atoms with E-state index in [9.17, 15) is 39.5 Å². The monoisotopic (exact) mass is 297 g/mol. The number of halogens is 9. The summed E-state index contributed by atoms with van der Waals surface area (Å²) in [6, 6.07) is -0.0714. The van der Waals surface area contributed by atoms with Crippen LogP contribution in [0.15, 0.2) is 6.07 Å². The third kappa shape index (κ3) is 2.76. The number of aromatic nitrogens is 1. The Bertz CT molecular complexity index is 486. The first-order valence-corrected chi connectivity index (χ1v) is 4.48. The Balaban J connectivity index is 3.60. The fourth-order valence-corrected chi connectivity index (χ4v) is 1.23. The van der Waals surface area contributed by atoms with E-state index in [4.69, 9.17) is 0 Å². The number of rotatable bonds is 1. The first-order valence-electron chi connectivity index (χ1n) is 4.48. The summed E-state index contributed by atoms with van der Waals surface area (Å²) in [5.41, 5.74) is -5.63. The lowest BCUT2D eigenvalue weighted by atomic mass is 10.1. The van der Waals surface area contributed by atoms with Crippen molar-refractivity contribution in [2.45, 2.75) is 25.2 Å². The van der Waals surface area contributed by atoms with Gasteiger partial charge in [-0.3, -0.25) is 0 Å². The van der Waals surface area contributed by atoms with Crippen molar-refractivity contribution in [3.05, 3.63) is 28.8 Å². The van der Waals surface area contributed by atoms with Crippen LogP contribution in [0.25, 0.3) is 0 Å². The predicted molar refractivity (Wildman–Crippen MR) is 43.9 cm³/mol. The molecule has 1 nitrogen and oxygen atoms in total. The summed E-state index contributed by atoms with van der Waals surface area (Å²) >= 11 is 0. The molecule has 1 aromatic heterocycles. The van der Waals surface area contributed by atoms with Gasteiger partial charge in [0.25, 0.3) is 0 Å². The summed E-state index contributed by atoms with van der Waals surface area (Å²) < 4.78 is 112. The van der Waals surface area contributed by atoms with Crippen LogP contribution in [0.3, 0.4) is 0 Å². The fraction of sp³-hybridized carbons (Fsp3) is 0.444. The molecule has 1 heterocycles. The molecule has 0 saturated carbocycles. The minimum Gasteiger partial charge on any atom is -0.246 e. The van der Waals surface area contributed by atoms with Crippen LogP contribution >= 0.6 is 0 Å². The average Bonchev–Trinajstić information content (AvgIpc) is 2.17. The number of nitrogens with zero attached hydrogens (tertiary/aromatic N) is 1. The number of pyridine rings is 1. The number of alkyl halides is 8. The first-order chi connectivity index (χ1) is 8.28. The maximum atomic E-state index is 13.2. The molecule has 0 aliphatic carbocycles. The molecule has 108 valence electrons. The summed E-state index contributed by atoms with van der Waals surface area (Å²) in [5, 5.41) is 0. The maximum absolute atomic E-state index is 13.2. The lowest BCUT2D eigenvalue weighted by molar-refractivity contribution is -0.290. The van der Waals surface area contributed by atoms with Crippen molar-refractivity contribution >= 4 is 0 Å². The van der Waals surface area contributed by atoms with Crippen LogP contribution in [-0.4, -0.2) is 11.2 Å². The normalized spacial score (nSPS) is 13.8. The van der Waals surface area contributed by atoms with Gasteiger partial charge in [-0.1, -0.05) is 0 Å². The SMILES string of the molecule is Cc1cc(C(F)(F)C(F)(F)F)c(F)c(C(F)(F)F)n1. The molecule has 0 aliphatic rings. The molecule has 0 bridgehead atoms. The Labute approximate surface area is 99.6 Å². The molecule has 0 unspecified atom stereocenters. The zero-order chi connectivity index (χ0) is 15.2. The van der Waals surface area contributed by atoms with Crippen LogP contribution in [-0.2, 0) is 12.1 Å². The molecule has 0 amide bonds. The highest BCUT2D eigenvalue weighted by Crippen LogP contribution is 2.46. The summed E-state index contributed by atoms with van der Waals surface area (Å²) in [6.45, 7) is 0.741. The molecule has 0 atom stereocenters. The largest absolute Gasteiger partial charge is 0.458 e. The predicted octanol–water partition coefficient (Wildman–Crippen LogP) is 4.20. The Kier molecular flexibility index (Phi) is 3.50. The Morgan fingerprint density at radius 3 is 1.79 bits per heavy atom. The van der Waals surface area contributed by atoms with E-state index in [-0.39, 0.29) is 6.07 Å². The van der Waals surface area contributed by atoms with Crippen LogP contribution < -0.4 is 0 Å². The first kappa shape index (κ1) is 15.6. The van der Waals surface area contributed by atoms with Crippen molar-refractivity contribution in [3.8, 4) is 0 Å². The van der Waals surface area contributed by atoms with E-state index in [1.54, 1.807) is 0 Å². The summed E-state index contributed by atoms with van der Waals surface area (Å²) in [7, 11) is 0. The van der Waals surface area contributed by atoms with Gasteiger partial charge in [0.05, 0.1) is 5.56 Å². The van der Waals surface area contributed by atoms with Gasteiger partial charge in [0, 0.05) is 5.69 Å². The molecular weight excluding hydrogens is 293 g/mol. The number of hydrogen-bond acceptors (Lipinski definition) is 1. The van der Waals surface area contributed by atoms with Crippen molar-refractivity contribution in [2.24, 2.45) is 0 Å². The molecule has 1 rings (SSSR count). The van der Waals surface area contributed by atoms with Gasteiger partial charge in [0.1, 0.15) is 0 Å². The Morgan fingerprint density at radius 2 is 1.42 bits per heavy atom. The molecule has 1 aromatic rings. The summed E-state index contributed by atoms with van der Waals surface area (Å²) in [6.07, 6.45) is -11.7. The average molecular weight is 297 g/mol. The molecule has 0 radical (unpaired) electrons. The quantitative estimate of drug-likeness (QED) is 0.708. The van der Waals surface area contributed by atoms with Gasteiger partial charge < -0.3 is 0 Å². The second-order valence-electron chi connectivity index (χ2n) is 3.54. The highest BCUT2D eigenvalue weighted by molar-refractivity contribution is 5.29. The molecule has 0 saturated heterocycles. The van der Waals surface area contributed by atoms with E-state index in [0.29, 0.717) is 0 Å². The van der Waals surface area contributed by atoms with Gasteiger partial charge >= 0.3 is 18.3 Å². The topological polar surface area (TPSA) is 12.9 Å². The van der Waals surface area contributed by atoms with Crippen LogP contribution in [0.1, 0.15) is 17.0 Å². The Hall–Kier alpha value is -1.48. The van der Waals surface area contributed by atoms with Gasteiger partial charge in [-0.2, -0.15) is 35.1 Å². The van der Waals surface area contributed by atoms with Crippen LogP contribution in [0, 0.1) is 12.7 Å². The molecule has 0 aliphatic heterocycles. The number of aryl methyl sites for hydroxylation is 1. The molecule has 10 heteroatoms. The van der Waals surface area contributed by atoms with Crippen LogP contribution in [0.4, 0.5) is 39.5 Å². The minimum atomic E-state index is -6.22. The zero-order valence-electron chi connectivity index (χ0n) is 8.93. The van der Waals surface area contributed by atoms with Gasteiger partial charge in [-0.25, -0.2) is 9.37 Å². The van der Waals surface area contributed by atoms with Gasteiger partial charge in [-0.05, 0) is 13.0 Å². The van der Waals surface area contributed by atoms with Gasteiger partial charge in [0.2, 0.25) is 0 Å². The fourth-order valence-electron chi connectivity index (χ4n) is 1.23. The lowest BCUT2D eigenvalue weighted by Crippen LogP contribution is -2.35.